The Hall–Kier alpha value is -2.08. The van der Waals surface area contributed by atoms with E-state index in [-0.39, 0.29) is 11.9 Å². The lowest BCUT2D eigenvalue weighted by molar-refractivity contribution is -0.117. The number of rotatable bonds is 2. The Labute approximate surface area is 122 Å². The number of anilines is 1. The van der Waals surface area contributed by atoms with Gasteiger partial charge in [0, 0.05) is 12.2 Å². The molecular weight excluding hydrogens is 272 g/mol. The maximum Gasteiger partial charge on any atom is 0.409 e. The first-order valence-electron chi connectivity index (χ1n) is 6.94. The van der Waals surface area contributed by atoms with Crippen LogP contribution in [0.5, 0.6) is 0 Å². The van der Waals surface area contributed by atoms with Crippen molar-refractivity contribution < 1.29 is 19.4 Å². The molecule has 2 heterocycles. The van der Waals surface area contributed by atoms with Gasteiger partial charge in [0.15, 0.2) is 0 Å². The van der Waals surface area contributed by atoms with Gasteiger partial charge >= 0.3 is 6.09 Å². The average molecular weight is 290 g/mol. The largest absolute Gasteiger partial charge is 0.465 e. The van der Waals surface area contributed by atoms with E-state index in [4.69, 9.17) is 4.74 Å². The minimum Gasteiger partial charge on any atom is -0.465 e. The molecule has 1 atom stereocenters. The summed E-state index contributed by atoms with van der Waals surface area (Å²) >= 11 is 0. The number of benzene rings is 1. The van der Waals surface area contributed by atoms with Crippen LogP contribution >= 0.6 is 0 Å². The molecule has 2 aliphatic heterocycles. The van der Waals surface area contributed by atoms with Gasteiger partial charge in [-0.2, -0.15) is 0 Å². The van der Waals surface area contributed by atoms with E-state index < -0.39 is 11.8 Å². The Morgan fingerprint density at radius 1 is 1.43 bits per heavy atom. The molecule has 2 aliphatic rings. The summed E-state index contributed by atoms with van der Waals surface area (Å²) in [4.78, 5) is 26.6. The SMILES string of the molecule is CC1(C)OC[C@@H](CN2C(=O)Cc3ccccc32)N1C(=O)O. The molecule has 6 nitrogen and oxygen atoms in total. The van der Waals surface area contributed by atoms with E-state index in [0.29, 0.717) is 19.6 Å². The predicted molar refractivity (Wildman–Crippen MR) is 76.2 cm³/mol. The van der Waals surface area contributed by atoms with Crippen LogP contribution in [0.3, 0.4) is 0 Å². The third-order valence-corrected chi connectivity index (χ3v) is 4.10. The van der Waals surface area contributed by atoms with Crippen molar-refractivity contribution in [1.29, 1.82) is 0 Å². The number of carboxylic acid groups (broad SMARTS) is 1. The van der Waals surface area contributed by atoms with Gasteiger partial charge in [-0.05, 0) is 25.5 Å². The van der Waals surface area contributed by atoms with E-state index in [1.165, 1.54) is 4.90 Å². The summed E-state index contributed by atoms with van der Waals surface area (Å²) in [6.07, 6.45) is -0.650. The van der Waals surface area contributed by atoms with E-state index in [1.54, 1.807) is 18.7 Å². The standard InChI is InChI=1S/C15H18N2O4/c1-15(2)17(14(19)20)11(9-21-15)8-16-12-6-4-3-5-10(12)7-13(16)18/h3-6,11H,7-9H2,1-2H3,(H,19,20)/t11-/m1/s1. The first-order valence-corrected chi connectivity index (χ1v) is 6.94. The average Bonchev–Trinajstić information content (AvgIpc) is 2.88. The summed E-state index contributed by atoms with van der Waals surface area (Å²) in [6.45, 7) is 4.07. The number of amides is 2. The molecule has 1 saturated heterocycles. The third-order valence-electron chi connectivity index (χ3n) is 4.10. The van der Waals surface area contributed by atoms with E-state index in [2.05, 4.69) is 0 Å². The van der Waals surface area contributed by atoms with Crippen LogP contribution in [0.2, 0.25) is 0 Å². The molecule has 0 aliphatic carbocycles. The van der Waals surface area contributed by atoms with Gasteiger partial charge in [-0.25, -0.2) is 4.79 Å². The molecule has 0 unspecified atom stereocenters. The molecule has 21 heavy (non-hydrogen) atoms. The Bertz CT molecular complexity index is 599. The van der Waals surface area contributed by atoms with Gasteiger partial charge in [0.05, 0.1) is 19.1 Å². The number of carbonyl (C=O) groups is 2. The number of carbonyl (C=O) groups excluding carboxylic acids is 1. The van der Waals surface area contributed by atoms with E-state index in [9.17, 15) is 14.7 Å². The number of fused-ring (bicyclic) bond motifs is 1. The molecule has 3 rings (SSSR count). The Morgan fingerprint density at radius 3 is 2.86 bits per heavy atom. The highest BCUT2D eigenvalue weighted by Crippen LogP contribution is 2.32. The van der Waals surface area contributed by atoms with Crippen molar-refractivity contribution in [3.8, 4) is 0 Å². The van der Waals surface area contributed by atoms with Crippen LogP contribution < -0.4 is 4.90 Å². The van der Waals surface area contributed by atoms with Crippen molar-refractivity contribution in [3.05, 3.63) is 29.8 Å². The summed E-state index contributed by atoms with van der Waals surface area (Å²) in [7, 11) is 0. The van der Waals surface area contributed by atoms with Gasteiger partial charge in [0.25, 0.3) is 0 Å². The van der Waals surface area contributed by atoms with Crippen LogP contribution in [0.4, 0.5) is 10.5 Å². The molecule has 1 aromatic carbocycles. The van der Waals surface area contributed by atoms with Gasteiger partial charge in [-0.1, -0.05) is 18.2 Å². The van der Waals surface area contributed by atoms with Crippen LogP contribution in [0.1, 0.15) is 19.4 Å². The minimum absolute atomic E-state index is 0.00578. The van der Waals surface area contributed by atoms with Crippen LogP contribution in [0, 0.1) is 0 Å². The second kappa shape index (κ2) is 4.73. The molecule has 1 fully saturated rings. The van der Waals surface area contributed by atoms with Gasteiger partial charge in [-0.3, -0.25) is 9.69 Å². The van der Waals surface area contributed by atoms with Crippen molar-refractivity contribution in [2.45, 2.75) is 32.0 Å². The zero-order valence-corrected chi connectivity index (χ0v) is 12.1. The lowest BCUT2D eigenvalue weighted by Crippen LogP contribution is -2.51. The zero-order chi connectivity index (χ0) is 15.2. The fourth-order valence-electron chi connectivity index (χ4n) is 3.13. The fraction of sp³-hybridized carbons (Fsp3) is 0.467. The maximum atomic E-state index is 12.2. The van der Waals surface area contributed by atoms with Crippen molar-refractivity contribution >= 4 is 17.7 Å². The molecule has 0 aromatic heterocycles. The first-order chi connectivity index (χ1) is 9.90. The quantitative estimate of drug-likeness (QED) is 0.900. The Morgan fingerprint density at radius 2 is 2.14 bits per heavy atom. The monoisotopic (exact) mass is 290 g/mol. The highest BCUT2D eigenvalue weighted by atomic mass is 16.5. The summed E-state index contributed by atoms with van der Waals surface area (Å²) in [5.74, 6) is 0.00578. The smallest absolute Gasteiger partial charge is 0.409 e. The van der Waals surface area contributed by atoms with Gasteiger partial charge < -0.3 is 14.7 Å². The second-order valence-corrected chi connectivity index (χ2v) is 5.87. The Kier molecular flexibility index (Phi) is 3.13. The molecule has 0 saturated carbocycles. The first kappa shape index (κ1) is 13.9. The molecule has 0 radical (unpaired) electrons. The molecule has 1 aromatic rings. The summed E-state index contributed by atoms with van der Waals surface area (Å²) in [5.41, 5.74) is 0.999. The molecular formula is C15H18N2O4. The normalized spacial score (nSPS) is 23.5. The van der Waals surface area contributed by atoms with Crippen molar-refractivity contribution in [2.75, 3.05) is 18.1 Å². The number of para-hydroxylation sites is 1. The highest BCUT2D eigenvalue weighted by molar-refractivity contribution is 6.01. The van der Waals surface area contributed by atoms with Gasteiger partial charge in [-0.15, -0.1) is 0 Å². The molecule has 6 heteroatoms. The summed E-state index contributed by atoms with van der Waals surface area (Å²) < 4.78 is 5.57. The number of hydrogen-bond donors (Lipinski definition) is 1. The number of ether oxygens (including phenoxy) is 1. The summed E-state index contributed by atoms with van der Waals surface area (Å²) in [6, 6.07) is 7.26. The van der Waals surface area contributed by atoms with Gasteiger partial charge in [0.2, 0.25) is 5.91 Å². The second-order valence-electron chi connectivity index (χ2n) is 5.87. The molecule has 2 amide bonds. The molecule has 1 N–H and O–H groups in total. The van der Waals surface area contributed by atoms with Crippen molar-refractivity contribution in [1.82, 2.24) is 4.90 Å². The lowest BCUT2D eigenvalue weighted by Gasteiger charge is -2.32. The molecule has 0 bridgehead atoms. The fourth-order valence-corrected chi connectivity index (χ4v) is 3.13. The van der Waals surface area contributed by atoms with Crippen molar-refractivity contribution in [3.63, 3.8) is 0 Å². The van der Waals surface area contributed by atoms with Crippen LogP contribution in [0.15, 0.2) is 24.3 Å². The zero-order valence-electron chi connectivity index (χ0n) is 12.1. The summed E-state index contributed by atoms with van der Waals surface area (Å²) in [5, 5.41) is 9.40. The lowest BCUT2D eigenvalue weighted by atomic mass is 10.1. The van der Waals surface area contributed by atoms with Crippen molar-refractivity contribution in [2.24, 2.45) is 0 Å². The topological polar surface area (TPSA) is 70.1 Å². The number of nitrogens with zero attached hydrogens (tertiary/aromatic N) is 2. The minimum atomic E-state index is -1.03. The van der Waals surface area contributed by atoms with Crippen LogP contribution in [0.25, 0.3) is 0 Å². The van der Waals surface area contributed by atoms with Gasteiger partial charge in [0.1, 0.15) is 5.72 Å². The van der Waals surface area contributed by atoms with E-state index in [0.717, 1.165) is 11.3 Å². The highest BCUT2D eigenvalue weighted by Gasteiger charge is 2.45. The van der Waals surface area contributed by atoms with E-state index in [1.807, 2.05) is 24.3 Å². The van der Waals surface area contributed by atoms with Crippen LogP contribution in [-0.2, 0) is 16.0 Å². The molecule has 0 spiro atoms. The third kappa shape index (κ3) is 2.25. The Balaban J connectivity index is 1.84. The molecule has 112 valence electrons. The maximum absolute atomic E-state index is 12.2. The van der Waals surface area contributed by atoms with Crippen LogP contribution in [-0.4, -0.2) is 46.9 Å². The van der Waals surface area contributed by atoms with E-state index >= 15 is 0 Å². The predicted octanol–water partition coefficient (Wildman–Crippen LogP) is 1.69. The number of hydrogen-bond acceptors (Lipinski definition) is 3.